The predicted octanol–water partition coefficient (Wildman–Crippen LogP) is 1.71. The summed E-state index contributed by atoms with van der Waals surface area (Å²) in [6, 6.07) is 31.6. The van der Waals surface area contributed by atoms with Gasteiger partial charge < -0.3 is 12.4 Å². The largest absolute Gasteiger partial charge is 1.00 e. The predicted molar refractivity (Wildman–Crippen MR) is 79.9 cm³/mol. The molecule has 0 unspecified atom stereocenters. The van der Waals surface area contributed by atoms with E-state index in [9.17, 15) is 0 Å². The van der Waals surface area contributed by atoms with Crippen molar-refractivity contribution in [1.29, 1.82) is 0 Å². The number of rotatable bonds is 3. The second kappa shape index (κ2) is 6.83. The molecule has 0 bridgehead atoms. The Bertz CT molecular complexity index is 524. The quantitative estimate of drug-likeness (QED) is 0.505. The Morgan fingerprint density at radius 1 is 0.400 bits per heavy atom. The van der Waals surface area contributed by atoms with Crippen molar-refractivity contribution in [2.24, 2.45) is 0 Å². The van der Waals surface area contributed by atoms with Gasteiger partial charge >= 0.3 is 0 Å². The zero-order chi connectivity index (χ0) is 12.9. The molecular formula is C19H15Cl. The van der Waals surface area contributed by atoms with Gasteiger partial charge in [0, 0.05) is 0 Å². The summed E-state index contributed by atoms with van der Waals surface area (Å²) in [6.45, 7) is 0. The van der Waals surface area contributed by atoms with E-state index in [1.54, 1.807) is 0 Å². The highest BCUT2D eigenvalue weighted by atomic mass is 35.5. The van der Waals surface area contributed by atoms with Crippen LogP contribution in [0.3, 0.4) is 0 Å². The molecule has 0 atom stereocenters. The van der Waals surface area contributed by atoms with E-state index in [0.717, 1.165) is 0 Å². The van der Waals surface area contributed by atoms with Crippen molar-refractivity contribution >= 4 is 0 Å². The molecule has 0 aromatic heterocycles. The SMILES string of the molecule is [Cl-].c1ccc([C+](c2ccccc2)c2ccccc2)cc1. The van der Waals surface area contributed by atoms with Gasteiger partial charge in [0.25, 0.3) is 0 Å². The maximum Gasteiger partial charge on any atom is 0.0631 e. The fourth-order valence-electron chi connectivity index (χ4n) is 2.31. The lowest BCUT2D eigenvalue weighted by Crippen LogP contribution is -3.00. The summed E-state index contributed by atoms with van der Waals surface area (Å²) in [5.74, 6) is 1.28. The molecule has 0 aliphatic carbocycles. The molecule has 0 spiro atoms. The Balaban J connectivity index is 0.00000147. The highest BCUT2D eigenvalue weighted by Crippen LogP contribution is 2.30. The number of hydrogen-bond donors (Lipinski definition) is 0. The minimum atomic E-state index is 0. The van der Waals surface area contributed by atoms with Crippen LogP contribution in [0.1, 0.15) is 16.7 Å². The first kappa shape index (κ1) is 14.2. The summed E-state index contributed by atoms with van der Waals surface area (Å²) < 4.78 is 0. The van der Waals surface area contributed by atoms with Crippen LogP contribution >= 0.6 is 0 Å². The van der Waals surface area contributed by atoms with Crippen LogP contribution in [0.2, 0.25) is 0 Å². The van der Waals surface area contributed by atoms with Gasteiger partial charge in [-0.2, -0.15) is 0 Å². The summed E-state index contributed by atoms with van der Waals surface area (Å²) in [7, 11) is 0. The first-order chi connectivity index (χ1) is 9.45. The minimum Gasteiger partial charge on any atom is -1.00 e. The third kappa shape index (κ3) is 3.04. The molecule has 1 heteroatoms. The van der Waals surface area contributed by atoms with E-state index in [1.807, 2.05) is 0 Å². The summed E-state index contributed by atoms with van der Waals surface area (Å²) in [4.78, 5) is 0. The van der Waals surface area contributed by atoms with Gasteiger partial charge in [0.05, 0.1) is 22.6 Å². The smallest absolute Gasteiger partial charge is 0.0631 e. The normalized spacial score (nSPS) is 9.60. The molecular weight excluding hydrogens is 264 g/mol. The topological polar surface area (TPSA) is 0 Å². The third-order valence-corrected chi connectivity index (χ3v) is 3.19. The van der Waals surface area contributed by atoms with Gasteiger partial charge in [-0.15, -0.1) is 0 Å². The minimum absolute atomic E-state index is 0. The van der Waals surface area contributed by atoms with Crippen molar-refractivity contribution in [3.05, 3.63) is 114 Å². The fourth-order valence-corrected chi connectivity index (χ4v) is 2.31. The van der Waals surface area contributed by atoms with Gasteiger partial charge in [0.1, 0.15) is 0 Å². The lowest BCUT2D eigenvalue weighted by Gasteiger charge is -2.12. The van der Waals surface area contributed by atoms with E-state index >= 15 is 0 Å². The Morgan fingerprint density at radius 3 is 0.900 bits per heavy atom. The third-order valence-electron chi connectivity index (χ3n) is 3.19. The summed E-state index contributed by atoms with van der Waals surface area (Å²) in [5.41, 5.74) is 3.75. The molecule has 0 aliphatic rings. The molecule has 3 aromatic rings. The summed E-state index contributed by atoms with van der Waals surface area (Å²) >= 11 is 0. The molecule has 20 heavy (non-hydrogen) atoms. The van der Waals surface area contributed by atoms with Crippen LogP contribution in [0.25, 0.3) is 0 Å². The number of benzene rings is 3. The van der Waals surface area contributed by atoms with Crippen molar-refractivity contribution in [3.8, 4) is 0 Å². The van der Waals surface area contributed by atoms with Crippen LogP contribution < -0.4 is 12.4 Å². The van der Waals surface area contributed by atoms with E-state index in [1.165, 1.54) is 22.6 Å². The van der Waals surface area contributed by atoms with Crippen molar-refractivity contribution < 1.29 is 12.4 Å². The summed E-state index contributed by atoms with van der Waals surface area (Å²) in [5, 5.41) is 0. The van der Waals surface area contributed by atoms with Gasteiger partial charge in [-0.25, -0.2) is 0 Å². The standard InChI is InChI=1S/C19H15.ClH/c1-4-10-16(11-5-1)19(17-12-6-2-7-13-17)18-14-8-3-9-15-18;/h1-15H;1H/q+1;/p-1. The molecule has 0 saturated heterocycles. The van der Waals surface area contributed by atoms with Crippen molar-refractivity contribution in [2.75, 3.05) is 0 Å². The first-order valence-corrected chi connectivity index (χ1v) is 6.48. The molecule has 0 radical (unpaired) electrons. The van der Waals surface area contributed by atoms with Crippen LogP contribution in [0.5, 0.6) is 0 Å². The molecule has 0 aliphatic heterocycles. The van der Waals surface area contributed by atoms with Gasteiger partial charge in [-0.1, -0.05) is 18.2 Å². The molecule has 0 nitrogen and oxygen atoms in total. The lowest BCUT2D eigenvalue weighted by atomic mass is 9.85. The highest BCUT2D eigenvalue weighted by molar-refractivity contribution is 5.56. The van der Waals surface area contributed by atoms with E-state index in [2.05, 4.69) is 91.0 Å². The zero-order valence-electron chi connectivity index (χ0n) is 11.0. The fraction of sp³-hybridized carbons (Fsp3) is 0. The van der Waals surface area contributed by atoms with Crippen LogP contribution in [0.15, 0.2) is 91.0 Å². The average molecular weight is 279 g/mol. The monoisotopic (exact) mass is 278 g/mol. The van der Waals surface area contributed by atoms with Crippen LogP contribution in [-0.2, 0) is 0 Å². The van der Waals surface area contributed by atoms with E-state index in [0.29, 0.717) is 0 Å². The second-order valence-electron chi connectivity index (χ2n) is 4.47. The van der Waals surface area contributed by atoms with Gasteiger partial charge in [-0.3, -0.25) is 0 Å². The van der Waals surface area contributed by atoms with Gasteiger partial charge in [-0.05, 0) is 72.8 Å². The highest BCUT2D eigenvalue weighted by Gasteiger charge is 2.21. The van der Waals surface area contributed by atoms with Crippen LogP contribution in [0, 0.1) is 5.92 Å². The van der Waals surface area contributed by atoms with Gasteiger partial charge in [0.2, 0.25) is 0 Å². The molecule has 0 saturated carbocycles. The van der Waals surface area contributed by atoms with E-state index in [4.69, 9.17) is 0 Å². The Labute approximate surface area is 126 Å². The number of halogens is 1. The summed E-state index contributed by atoms with van der Waals surface area (Å²) in [6.07, 6.45) is 0. The number of hydrogen-bond acceptors (Lipinski definition) is 0. The van der Waals surface area contributed by atoms with E-state index < -0.39 is 0 Å². The molecule has 3 rings (SSSR count). The van der Waals surface area contributed by atoms with Crippen LogP contribution in [0.4, 0.5) is 0 Å². The van der Waals surface area contributed by atoms with Crippen molar-refractivity contribution in [2.45, 2.75) is 0 Å². The molecule has 0 fully saturated rings. The van der Waals surface area contributed by atoms with Crippen molar-refractivity contribution in [1.82, 2.24) is 0 Å². The van der Waals surface area contributed by atoms with Gasteiger partial charge in [0.15, 0.2) is 0 Å². The Kier molecular flexibility index (Phi) is 4.86. The second-order valence-corrected chi connectivity index (χ2v) is 4.47. The van der Waals surface area contributed by atoms with Crippen molar-refractivity contribution in [3.63, 3.8) is 0 Å². The Morgan fingerprint density at radius 2 is 0.650 bits per heavy atom. The Hall–Kier alpha value is -2.18. The molecule has 0 heterocycles. The lowest BCUT2D eigenvalue weighted by molar-refractivity contribution is -0.00000366. The molecule has 3 aromatic carbocycles. The molecule has 98 valence electrons. The van der Waals surface area contributed by atoms with Crippen LogP contribution in [-0.4, -0.2) is 0 Å². The average Bonchev–Trinajstić information content (AvgIpc) is 2.51. The van der Waals surface area contributed by atoms with E-state index in [-0.39, 0.29) is 12.4 Å². The maximum atomic E-state index is 2.16. The zero-order valence-corrected chi connectivity index (χ0v) is 11.8. The molecule has 0 amide bonds. The first-order valence-electron chi connectivity index (χ1n) is 6.48. The maximum absolute atomic E-state index is 2.16. The molecule has 0 N–H and O–H groups in total.